The number of ether oxygens (including phenoxy) is 1. The maximum absolute atomic E-state index is 11.8. The van der Waals surface area contributed by atoms with E-state index in [0.717, 1.165) is 27.9 Å². The Hall–Kier alpha value is -2.88. The number of benzene rings is 2. The molecule has 0 aliphatic carbocycles. The molecule has 0 saturated heterocycles. The third kappa shape index (κ3) is 2.88. The zero-order valence-corrected chi connectivity index (χ0v) is 13.4. The molecule has 3 rings (SSSR count). The van der Waals surface area contributed by atoms with Crippen molar-refractivity contribution in [3.8, 4) is 5.75 Å². The highest BCUT2D eigenvalue weighted by atomic mass is 16.5. The van der Waals surface area contributed by atoms with Crippen LogP contribution in [0.5, 0.6) is 5.75 Å². The molecule has 0 amide bonds. The first kappa shape index (κ1) is 15.0. The lowest BCUT2D eigenvalue weighted by molar-refractivity contribution is 0.101. The number of para-hydroxylation sites is 2. The summed E-state index contributed by atoms with van der Waals surface area (Å²) in [6.45, 7) is 3.57. The normalized spacial score (nSPS) is 10.6. The predicted octanol–water partition coefficient (Wildman–Crippen LogP) is 4.50. The van der Waals surface area contributed by atoms with Gasteiger partial charge in [-0.25, -0.2) is 4.98 Å². The highest BCUT2D eigenvalue weighted by molar-refractivity contribution is 6.00. The van der Waals surface area contributed by atoms with E-state index in [1.54, 1.807) is 20.1 Å². The van der Waals surface area contributed by atoms with Crippen LogP contribution in [0.2, 0.25) is 0 Å². The molecule has 2 aromatic carbocycles. The van der Waals surface area contributed by atoms with Gasteiger partial charge in [0.15, 0.2) is 5.78 Å². The number of aromatic nitrogens is 1. The molecule has 0 aliphatic heterocycles. The van der Waals surface area contributed by atoms with Gasteiger partial charge in [-0.05, 0) is 37.6 Å². The lowest BCUT2D eigenvalue weighted by Gasteiger charge is -2.13. The predicted molar refractivity (Wildman–Crippen MR) is 92.8 cm³/mol. The number of methoxy groups -OCH3 is 1. The zero-order valence-electron chi connectivity index (χ0n) is 13.4. The van der Waals surface area contributed by atoms with Crippen LogP contribution in [0.4, 0.5) is 11.5 Å². The molecule has 4 nitrogen and oxygen atoms in total. The lowest BCUT2D eigenvalue weighted by Crippen LogP contribution is -2.02. The minimum Gasteiger partial charge on any atom is -0.496 e. The van der Waals surface area contributed by atoms with E-state index in [0.29, 0.717) is 11.4 Å². The van der Waals surface area contributed by atoms with E-state index >= 15 is 0 Å². The molecule has 0 spiro atoms. The van der Waals surface area contributed by atoms with Gasteiger partial charge in [0.1, 0.15) is 11.6 Å². The molecule has 1 aromatic heterocycles. The summed E-state index contributed by atoms with van der Waals surface area (Å²) in [6, 6.07) is 15.2. The first-order valence-corrected chi connectivity index (χ1v) is 7.41. The number of fused-ring (bicyclic) bond motifs is 1. The molecule has 0 saturated carbocycles. The molecular formula is C19H18N2O2. The van der Waals surface area contributed by atoms with Crippen LogP contribution < -0.4 is 10.1 Å². The Balaban J connectivity index is 2.11. The minimum absolute atomic E-state index is 0.0111. The highest BCUT2D eigenvalue weighted by Gasteiger charge is 2.11. The molecule has 0 bridgehead atoms. The number of Topliss-reactive ketones (excluding diaryl/α,β-unsaturated/α-hetero) is 1. The number of hydrogen-bond acceptors (Lipinski definition) is 4. The number of rotatable bonds is 4. The Morgan fingerprint density at radius 2 is 1.91 bits per heavy atom. The quantitative estimate of drug-likeness (QED) is 0.721. The van der Waals surface area contributed by atoms with E-state index in [-0.39, 0.29) is 5.78 Å². The topological polar surface area (TPSA) is 51.2 Å². The monoisotopic (exact) mass is 306 g/mol. The lowest BCUT2D eigenvalue weighted by atomic mass is 10.1. The average molecular weight is 306 g/mol. The molecule has 1 N–H and O–H groups in total. The van der Waals surface area contributed by atoms with Gasteiger partial charge in [0, 0.05) is 17.0 Å². The van der Waals surface area contributed by atoms with Gasteiger partial charge in [-0.3, -0.25) is 4.79 Å². The Morgan fingerprint density at radius 3 is 2.65 bits per heavy atom. The van der Waals surface area contributed by atoms with Crippen LogP contribution in [0.1, 0.15) is 22.8 Å². The van der Waals surface area contributed by atoms with Gasteiger partial charge in [0.2, 0.25) is 0 Å². The third-order valence-corrected chi connectivity index (χ3v) is 3.79. The summed E-state index contributed by atoms with van der Waals surface area (Å²) < 4.78 is 5.49. The molecule has 1 heterocycles. The second-order valence-corrected chi connectivity index (χ2v) is 5.41. The standard InChI is InChI=1S/C19H18N2O2/c1-12-7-6-9-15-17(23-3)11-18(21-19(12)15)20-16-10-5-4-8-14(16)13(2)22/h4-11H,1-3H3,(H,20,21). The molecule has 0 fully saturated rings. The van der Waals surface area contributed by atoms with Crippen molar-refractivity contribution in [1.82, 2.24) is 4.98 Å². The van der Waals surface area contributed by atoms with Crippen LogP contribution in [-0.2, 0) is 0 Å². The van der Waals surface area contributed by atoms with Crippen molar-refractivity contribution in [3.05, 3.63) is 59.7 Å². The Kier molecular flexibility index (Phi) is 3.98. The van der Waals surface area contributed by atoms with E-state index < -0.39 is 0 Å². The van der Waals surface area contributed by atoms with Gasteiger partial charge in [-0.1, -0.05) is 24.3 Å². The zero-order chi connectivity index (χ0) is 16.4. The number of carbonyl (C=O) groups excluding carboxylic acids is 1. The molecule has 0 aliphatic rings. The van der Waals surface area contributed by atoms with Gasteiger partial charge in [-0.2, -0.15) is 0 Å². The Bertz CT molecular complexity index is 888. The summed E-state index contributed by atoms with van der Waals surface area (Å²) in [5.41, 5.74) is 3.33. The molecule has 0 unspecified atom stereocenters. The number of ketones is 1. The third-order valence-electron chi connectivity index (χ3n) is 3.79. The van der Waals surface area contributed by atoms with Gasteiger partial charge in [0.25, 0.3) is 0 Å². The van der Waals surface area contributed by atoms with Crippen LogP contribution in [0.15, 0.2) is 48.5 Å². The summed E-state index contributed by atoms with van der Waals surface area (Å²) in [6.07, 6.45) is 0. The van der Waals surface area contributed by atoms with Crippen LogP contribution >= 0.6 is 0 Å². The molecular weight excluding hydrogens is 288 g/mol. The van der Waals surface area contributed by atoms with E-state index in [4.69, 9.17) is 4.74 Å². The summed E-state index contributed by atoms with van der Waals surface area (Å²) in [5.74, 6) is 1.41. The number of hydrogen-bond donors (Lipinski definition) is 1. The van der Waals surface area contributed by atoms with Gasteiger partial charge in [-0.15, -0.1) is 0 Å². The molecule has 3 aromatic rings. The Morgan fingerprint density at radius 1 is 1.13 bits per heavy atom. The summed E-state index contributed by atoms with van der Waals surface area (Å²) in [7, 11) is 1.64. The fourth-order valence-corrected chi connectivity index (χ4v) is 2.63. The van der Waals surface area contributed by atoms with Crippen LogP contribution in [-0.4, -0.2) is 17.9 Å². The first-order chi connectivity index (χ1) is 11.1. The maximum Gasteiger partial charge on any atom is 0.161 e. The van der Waals surface area contributed by atoms with Crippen molar-refractivity contribution in [2.75, 3.05) is 12.4 Å². The highest BCUT2D eigenvalue weighted by Crippen LogP contribution is 2.31. The summed E-state index contributed by atoms with van der Waals surface area (Å²) in [5, 5.41) is 4.21. The van der Waals surface area contributed by atoms with Gasteiger partial charge in [0.05, 0.1) is 18.3 Å². The SMILES string of the molecule is COc1cc(Nc2ccccc2C(C)=O)nc2c(C)cccc12. The number of nitrogens with one attached hydrogen (secondary N) is 1. The molecule has 23 heavy (non-hydrogen) atoms. The van der Waals surface area contributed by atoms with E-state index in [9.17, 15) is 4.79 Å². The number of nitrogens with zero attached hydrogens (tertiary/aromatic N) is 1. The summed E-state index contributed by atoms with van der Waals surface area (Å²) >= 11 is 0. The van der Waals surface area contributed by atoms with E-state index in [1.807, 2.05) is 49.4 Å². The number of carbonyl (C=O) groups is 1. The van der Waals surface area contributed by atoms with Crippen LogP contribution in [0, 0.1) is 6.92 Å². The van der Waals surface area contributed by atoms with Crippen molar-refractivity contribution in [3.63, 3.8) is 0 Å². The largest absolute Gasteiger partial charge is 0.496 e. The van der Waals surface area contributed by atoms with Crippen molar-refractivity contribution < 1.29 is 9.53 Å². The maximum atomic E-state index is 11.8. The molecule has 0 radical (unpaired) electrons. The molecule has 4 heteroatoms. The fraction of sp³-hybridized carbons (Fsp3) is 0.158. The second-order valence-electron chi connectivity index (χ2n) is 5.41. The van der Waals surface area contributed by atoms with Crippen molar-refractivity contribution in [2.45, 2.75) is 13.8 Å². The smallest absolute Gasteiger partial charge is 0.161 e. The van der Waals surface area contributed by atoms with Gasteiger partial charge >= 0.3 is 0 Å². The van der Waals surface area contributed by atoms with Crippen LogP contribution in [0.25, 0.3) is 10.9 Å². The number of aryl methyl sites for hydroxylation is 1. The molecule has 0 atom stereocenters. The second kappa shape index (κ2) is 6.08. The minimum atomic E-state index is 0.0111. The van der Waals surface area contributed by atoms with Crippen molar-refractivity contribution >= 4 is 28.2 Å². The average Bonchev–Trinajstić information content (AvgIpc) is 2.55. The molecule has 116 valence electrons. The first-order valence-electron chi connectivity index (χ1n) is 7.41. The van der Waals surface area contributed by atoms with E-state index in [2.05, 4.69) is 10.3 Å². The van der Waals surface area contributed by atoms with Crippen molar-refractivity contribution in [1.29, 1.82) is 0 Å². The summed E-state index contributed by atoms with van der Waals surface area (Å²) in [4.78, 5) is 16.4. The number of anilines is 2. The van der Waals surface area contributed by atoms with Crippen LogP contribution in [0.3, 0.4) is 0 Å². The van der Waals surface area contributed by atoms with Gasteiger partial charge < -0.3 is 10.1 Å². The Labute approximate surface area is 135 Å². The number of pyridine rings is 1. The van der Waals surface area contributed by atoms with E-state index in [1.165, 1.54) is 0 Å². The fourth-order valence-electron chi connectivity index (χ4n) is 2.63. The van der Waals surface area contributed by atoms with Crippen molar-refractivity contribution in [2.24, 2.45) is 0 Å².